The van der Waals surface area contributed by atoms with Crippen LogP contribution in [0.3, 0.4) is 0 Å². The molecule has 0 spiro atoms. The van der Waals surface area contributed by atoms with Crippen molar-refractivity contribution in [1.82, 2.24) is 5.43 Å². The highest BCUT2D eigenvalue weighted by atomic mass is 16.2. The summed E-state index contributed by atoms with van der Waals surface area (Å²) in [5.74, 6) is 0.879. The number of nitrogens with zero attached hydrogens (tertiary/aromatic N) is 1. The molecule has 1 amide bonds. The summed E-state index contributed by atoms with van der Waals surface area (Å²) >= 11 is 0. The number of carbonyl (C=O) groups is 1. The molecule has 0 bridgehead atoms. The van der Waals surface area contributed by atoms with Gasteiger partial charge < -0.3 is 0 Å². The Labute approximate surface area is 127 Å². The maximum absolute atomic E-state index is 11.8. The van der Waals surface area contributed by atoms with Crippen molar-refractivity contribution >= 4 is 11.6 Å². The Morgan fingerprint density at radius 2 is 1.95 bits per heavy atom. The number of amides is 1. The van der Waals surface area contributed by atoms with E-state index in [2.05, 4.69) is 17.5 Å². The lowest BCUT2D eigenvalue weighted by Crippen LogP contribution is -2.22. The van der Waals surface area contributed by atoms with Crippen LogP contribution in [0.15, 0.2) is 35.4 Å². The van der Waals surface area contributed by atoms with Gasteiger partial charge in [0, 0.05) is 12.1 Å². The Bertz CT molecular complexity index is 457. The molecular weight excluding hydrogens is 260 g/mol. The standard InChI is InChI=1S/C18H26N2O/c1-2-6-15-9-12-17(13-10-15)19-20-18(21)14-11-16-7-4-3-5-8-16/h3-5,7-8,15H,2,6,9-14H2,1H3,(H,20,21). The van der Waals surface area contributed by atoms with Gasteiger partial charge in [-0.05, 0) is 43.6 Å². The van der Waals surface area contributed by atoms with E-state index in [4.69, 9.17) is 0 Å². The summed E-state index contributed by atoms with van der Waals surface area (Å²) in [6.45, 7) is 2.25. The molecule has 3 heteroatoms. The molecule has 1 aromatic rings. The van der Waals surface area contributed by atoms with E-state index in [0.29, 0.717) is 6.42 Å². The first-order valence-corrected chi connectivity index (χ1v) is 8.16. The second-order valence-corrected chi connectivity index (χ2v) is 5.93. The van der Waals surface area contributed by atoms with Gasteiger partial charge in [-0.3, -0.25) is 4.79 Å². The van der Waals surface area contributed by atoms with Crippen LogP contribution in [0, 0.1) is 5.92 Å². The minimum Gasteiger partial charge on any atom is -0.273 e. The third kappa shape index (κ3) is 5.70. The first-order valence-electron chi connectivity index (χ1n) is 8.16. The van der Waals surface area contributed by atoms with Gasteiger partial charge in [-0.1, -0.05) is 50.1 Å². The van der Waals surface area contributed by atoms with E-state index >= 15 is 0 Å². The van der Waals surface area contributed by atoms with Gasteiger partial charge in [-0.2, -0.15) is 5.10 Å². The monoisotopic (exact) mass is 286 g/mol. The summed E-state index contributed by atoms with van der Waals surface area (Å²) in [7, 11) is 0. The molecule has 1 saturated carbocycles. The lowest BCUT2D eigenvalue weighted by Gasteiger charge is -2.22. The van der Waals surface area contributed by atoms with Crippen molar-refractivity contribution in [2.75, 3.05) is 0 Å². The zero-order chi connectivity index (χ0) is 14.9. The summed E-state index contributed by atoms with van der Waals surface area (Å²) < 4.78 is 0. The second kappa shape index (κ2) is 8.60. The van der Waals surface area contributed by atoms with E-state index in [1.807, 2.05) is 30.3 Å². The van der Waals surface area contributed by atoms with Crippen LogP contribution in [0.5, 0.6) is 0 Å². The van der Waals surface area contributed by atoms with Crippen molar-refractivity contribution in [2.24, 2.45) is 11.0 Å². The maximum atomic E-state index is 11.8. The number of hydrogen-bond donors (Lipinski definition) is 1. The fourth-order valence-corrected chi connectivity index (χ4v) is 2.92. The molecule has 0 saturated heterocycles. The molecular formula is C18H26N2O. The molecule has 1 aliphatic carbocycles. The summed E-state index contributed by atoms with van der Waals surface area (Å²) in [6, 6.07) is 10.1. The normalized spacial score (nSPS) is 18.3. The third-order valence-corrected chi connectivity index (χ3v) is 4.20. The van der Waals surface area contributed by atoms with Gasteiger partial charge in [0.1, 0.15) is 0 Å². The average Bonchev–Trinajstić information content (AvgIpc) is 2.53. The highest BCUT2D eigenvalue weighted by Crippen LogP contribution is 2.25. The first-order chi connectivity index (χ1) is 10.3. The summed E-state index contributed by atoms with van der Waals surface area (Å²) in [6.07, 6.45) is 8.42. The number of rotatable bonds is 6. The molecule has 1 aliphatic rings. The molecule has 0 aromatic heterocycles. The van der Waals surface area contributed by atoms with Crippen LogP contribution >= 0.6 is 0 Å². The van der Waals surface area contributed by atoms with E-state index in [-0.39, 0.29) is 5.91 Å². The Morgan fingerprint density at radius 3 is 2.62 bits per heavy atom. The predicted molar refractivity (Wildman–Crippen MR) is 87.2 cm³/mol. The SMILES string of the molecule is CCCC1CCC(=NNC(=O)CCc2ccccc2)CC1. The van der Waals surface area contributed by atoms with Crippen molar-refractivity contribution in [3.63, 3.8) is 0 Å². The zero-order valence-corrected chi connectivity index (χ0v) is 13.0. The average molecular weight is 286 g/mol. The van der Waals surface area contributed by atoms with Crippen molar-refractivity contribution in [3.05, 3.63) is 35.9 Å². The fraction of sp³-hybridized carbons (Fsp3) is 0.556. The van der Waals surface area contributed by atoms with Crippen molar-refractivity contribution in [1.29, 1.82) is 0 Å². The van der Waals surface area contributed by atoms with Gasteiger partial charge in [-0.25, -0.2) is 5.43 Å². The minimum absolute atomic E-state index is 0.0158. The van der Waals surface area contributed by atoms with E-state index in [9.17, 15) is 4.79 Å². The number of nitrogens with one attached hydrogen (secondary N) is 1. The lowest BCUT2D eigenvalue weighted by molar-refractivity contribution is -0.121. The number of carbonyl (C=O) groups excluding carboxylic acids is 1. The molecule has 2 rings (SSSR count). The smallest absolute Gasteiger partial charge is 0.240 e. The number of aryl methyl sites for hydroxylation is 1. The van der Waals surface area contributed by atoms with Crippen LogP contribution in [-0.2, 0) is 11.2 Å². The molecule has 0 radical (unpaired) electrons. The second-order valence-electron chi connectivity index (χ2n) is 5.93. The quantitative estimate of drug-likeness (QED) is 0.786. The van der Waals surface area contributed by atoms with Crippen LogP contribution in [0.25, 0.3) is 0 Å². The molecule has 1 aromatic carbocycles. The largest absolute Gasteiger partial charge is 0.273 e. The third-order valence-electron chi connectivity index (χ3n) is 4.20. The predicted octanol–water partition coefficient (Wildman–Crippen LogP) is 4.08. The van der Waals surface area contributed by atoms with Crippen LogP contribution in [0.4, 0.5) is 0 Å². The lowest BCUT2D eigenvalue weighted by atomic mass is 9.85. The van der Waals surface area contributed by atoms with Crippen LogP contribution in [0.1, 0.15) is 57.4 Å². The van der Waals surface area contributed by atoms with E-state index in [1.165, 1.54) is 31.2 Å². The summed E-state index contributed by atoms with van der Waals surface area (Å²) in [5, 5.41) is 4.31. The molecule has 114 valence electrons. The minimum atomic E-state index is 0.0158. The van der Waals surface area contributed by atoms with Crippen LogP contribution in [0.2, 0.25) is 0 Å². The molecule has 0 unspecified atom stereocenters. The molecule has 1 N–H and O–H groups in total. The number of benzene rings is 1. The molecule has 21 heavy (non-hydrogen) atoms. The topological polar surface area (TPSA) is 41.5 Å². The van der Waals surface area contributed by atoms with Gasteiger partial charge in [-0.15, -0.1) is 0 Å². The Kier molecular flexibility index (Phi) is 6.45. The molecule has 1 fully saturated rings. The Balaban J connectivity index is 1.68. The van der Waals surface area contributed by atoms with Crippen LogP contribution < -0.4 is 5.43 Å². The van der Waals surface area contributed by atoms with Gasteiger partial charge in [0.2, 0.25) is 5.91 Å². The molecule has 0 aliphatic heterocycles. The molecule has 0 atom stereocenters. The van der Waals surface area contributed by atoms with E-state index < -0.39 is 0 Å². The Hall–Kier alpha value is -1.64. The highest BCUT2D eigenvalue weighted by Gasteiger charge is 2.16. The van der Waals surface area contributed by atoms with Crippen LogP contribution in [-0.4, -0.2) is 11.6 Å². The van der Waals surface area contributed by atoms with E-state index in [0.717, 1.165) is 30.9 Å². The number of hydrogen-bond acceptors (Lipinski definition) is 2. The molecule has 0 heterocycles. The van der Waals surface area contributed by atoms with Crippen molar-refractivity contribution < 1.29 is 4.79 Å². The molecule has 3 nitrogen and oxygen atoms in total. The summed E-state index contributed by atoms with van der Waals surface area (Å²) in [5.41, 5.74) is 5.08. The summed E-state index contributed by atoms with van der Waals surface area (Å²) in [4.78, 5) is 11.8. The van der Waals surface area contributed by atoms with Crippen molar-refractivity contribution in [2.45, 2.75) is 58.3 Å². The first kappa shape index (κ1) is 15.7. The Morgan fingerprint density at radius 1 is 1.24 bits per heavy atom. The maximum Gasteiger partial charge on any atom is 0.240 e. The fourth-order valence-electron chi connectivity index (χ4n) is 2.92. The highest BCUT2D eigenvalue weighted by molar-refractivity contribution is 5.86. The van der Waals surface area contributed by atoms with E-state index in [1.54, 1.807) is 0 Å². The number of hydrazone groups is 1. The van der Waals surface area contributed by atoms with Gasteiger partial charge in [0.15, 0.2) is 0 Å². The van der Waals surface area contributed by atoms with Gasteiger partial charge in [0.25, 0.3) is 0 Å². The van der Waals surface area contributed by atoms with Crippen molar-refractivity contribution in [3.8, 4) is 0 Å². The zero-order valence-electron chi connectivity index (χ0n) is 13.0. The van der Waals surface area contributed by atoms with Gasteiger partial charge >= 0.3 is 0 Å². The van der Waals surface area contributed by atoms with Gasteiger partial charge in [0.05, 0.1) is 0 Å².